The van der Waals surface area contributed by atoms with Gasteiger partial charge in [-0.25, -0.2) is 0 Å². The maximum absolute atomic E-state index is 4.28. The van der Waals surface area contributed by atoms with Gasteiger partial charge in [-0.1, -0.05) is 26.8 Å². The Bertz CT molecular complexity index is 208. The third kappa shape index (κ3) is 3.82. The minimum Gasteiger partial charge on any atom is -0.143 e. The number of rotatable bonds is 1. The molecule has 0 spiro atoms. The van der Waals surface area contributed by atoms with Gasteiger partial charge >= 0.3 is 0 Å². The second-order valence-electron chi connectivity index (χ2n) is 2.53. The summed E-state index contributed by atoms with van der Waals surface area (Å²) in [6.07, 6.45) is 1.09. The number of thiol groups is 1. The van der Waals surface area contributed by atoms with Gasteiger partial charge in [0.1, 0.15) is 0 Å². The molecule has 0 aliphatic carbocycles. The Kier molecular flexibility index (Phi) is 5.91. The molecule has 1 heteroatoms. The molecule has 0 saturated carbocycles. The second kappa shape index (κ2) is 6.13. The molecule has 0 N–H and O–H groups in total. The zero-order valence-electron chi connectivity index (χ0n) is 8.39. The lowest BCUT2D eigenvalue weighted by Gasteiger charge is -1.99. The van der Waals surface area contributed by atoms with Gasteiger partial charge in [0.15, 0.2) is 0 Å². The summed E-state index contributed by atoms with van der Waals surface area (Å²) in [6, 6.07) is 6.37. The molecule has 0 aromatic heterocycles. The predicted molar refractivity (Wildman–Crippen MR) is 59.2 cm³/mol. The van der Waals surface area contributed by atoms with Crippen LogP contribution in [0.3, 0.4) is 0 Å². The average molecular weight is 182 g/mol. The van der Waals surface area contributed by atoms with Gasteiger partial charge in [0.05, 0.1) is 0 Å². The molecule has 1 rings (SSSR count). The molecule has 0 heterocycles. The van der Waals surface area contributed by atoms with Crippen LogP contribution in [0.2, 0.25) is 0 Å². The highest BCUT2D eigenvalue weighted by Gasteiger charge is 1.91. The van der Waals surface area contributed by atoms with Crippen molar-refractivity contribution in [2.24, 2.45) is 0 Å². The highest BCUT2D eigenvalue weighted by Crippen LogP contribution is 2.12. The standard InChI is InChI=1S/C9H12S.C2H6/c1-3-8-4-7(2)5-9(10)6-8;1-2/h4-6,10H,3H2,1-2H3;1-2H3. The van der Waals surface area contributed by atoms with Gasteiger partial charge in [0, 0.05) is 4.90 Å². The number of benzene rings is 1. The normalized spacial score (nSPS) is 8.75. The van der Waals surface area contributed by atoms with Crippen LogP contribution in [0.25, 0.3) is 0 Å². The molecule has 68 valence electrons. The van der Waals surface area contributed by atoms with Gasteiger partial charge in [-0.05, 0) is 36.6 Å². The average Bonchev–Trinajstić information content (AvgIpc) is 2.06. The minimum atomic E-state index is 1.07. The molecule has 0 nitrogen and oxygen atoms in total. The molecule has 0 atom stereocenters. The van der Waals surface area contributed by atoms with Gasteiger partial charge in [-0.2, -0.15) is 0 Å². The van der Waals surface area contributed by atoms with E-state index in [0.29, 0.717) is 0 Å². The molecule has 0 aliphatic rings. The lowest BCUT2D eigenvalue weighted by molar-refractivity contribution is 1.11. The Hall–Kier alpha value is -0.430. The van der Waals surface area contributed by atoms with Crippen LogP contribution in [0.4, 0.5) is 0 Å². The van der Waals surface area contributed by atoms with Crippen molar-refractivity contribution in [2.75, 3.05) is 0 Å². The summed E-state index contributed by atoms with van der Waals surface area (Å²) >= 11 is 4.28. The van der Waals surface area contributed by atoms with E-state index < -0.39 is 0 Å². The molecule has 0 amide bonds. The van der Waals surface area contributed by atoms with E-state index in [1.54, 1.807) is 0 Å². The van der Waals surface area contributed by atoms with E-state index >= 15 is 0 Å². The van der Waals surface area contributed by atoms with E-state index in [2.05, 4.69) is 44.7 Å². The summed E-state index contributed by atoms with van der Waals surface area (Å²) in [6.45, 7) is 8.25. The molecule has 1 aromatic rings. The van der Waals surface area contributed by atoms with Crippen LogP contribution in [-0.2, 0) is 6.42 Å². The molecular formula is C11H18S. The molecule has 0 radical (unpaired) electrons. The highest BCUT2D eigenvalue weighted by molar-refractivity contribution is 7.80. The number of hydrogen-bond donors (Lipinski definition) is 1. The van der Waals surface area contributed by atoms with Gasteiger partial charge in [-0.15, -0.1) is 12.6 Å². The van der Waals surface area contributed by atoms with E-state index in [0.717, 1.165) is 11.3 Å². The van der Waals surface area contributed by atoms with Gasteiger partial charge in [0.25, 0.3) is 0 Å². The second-order valence-corrected chi connectivity index (χ2v) is 3.05. The summed E-state index contributed by atoms with van der Waals surface area (Å²) < 4.78 is 0. The zero-order chi connectivity index (χ0) is 9.56. The lowest BCUT2D eigenvalue weighted by Crippen LogP contribution is -1.81. The van der Waals surface area contributed by atoms with Crippen molar-refractivity contribution in [1.82, 2.24) is 0 Å². The Morgan fingerprint density at radius 2 is 1.75 bits per heavy atom. The smallest absolute Gasteiger partial charge is 0.00453 e. The molecular weight excluding hydrogens is 164 g/mol. The maximum Gasteiger partial charge on any atom is 0.00453 e. The molecule has 0 aliphatic heterocycles. The zero-order valence-corrected chi connectivity index (χ0v) is 9.28. The van der Waals surface area contributed by atoms with Crippen molar-refractivity contribution >= 4 is 12.6 Å². The topological polar surface area (TPSA) is 0 Å². The lowest BCUT2D eigenvalue weighted by atomic mass is 10.1. The molecule has 0 saturated heterocycles. The van der Waals surface area contributed by atoms with E-state index in [1.807, 2.05) is 13.8 Å². The van der Waals surface area contributed by atoms with Crippen molar-refractivity contribution in [3.8, 4) is 0 Å². The van der Waals surface area contributed by atoms with Crippen LogP contribution in [0.1, 0.15) is 31.9 Å². The maximum atomic E-state index is 4.28. The first-order valence-electron chi connectivity index (χ1n) is 4.52. The first-order chi connectivity index (χ1) is 5.72. The molecule has 1 aromatic carbocycles. The SMILES string of the molecule is CC.CCc1cc(C)cc(S)c1. The van der Waals surface area contributed by atoms with E-state index in [-0.39, 0.29) is 0 Å². The van der Waals surface area contributed by atoms with Crippen LogP contribution < -0.4 is 0 Å². The Morgan fingerprint density at radius 3 is 2.17 bits per heavy atom. The van der Waals surface area contributed by atoms with Crippen molar-refractivity contribution < 1.29 is 0 Å². The largest absolute Gasteiger partial charge is 0.143 e. The van der Waals surface area contributed by atoms with Crippen molar-refractivity contribution in [2.45, 2.75) is 39.0 Å². The van der Waals surface area contributed by atoms with Crippen LogP contribution in [-0.4, -0.2) is 0 Å². The molecule has 0 bridgehead atoms. The third-order valence-electron chi connectivity index (χ3n) is 1.53. The third-order valence-corrected chi connectivity index (χ3v) is 1.79. The molecule has 0 unspecified atom stereocenters. The minimum absolute atomic E-state index is 1.07. The van der Waals surface area contributed by atoms with E-state index in [9.17, 15) is 0 Å². The van der Waals surface area contributed by atoms with Crippen LogP contribution in [0.5, 0.6) is 0 Å². The van der Waals surface area contributed by atoms with Gasteiger partial charge < -0.3 is 0 Å². The summed E-state index contributed by atoms with van der Waals surface area (Å²) in [4.78, 5) is 1.07. The summed E-state index contributed by atoms with van der Waals surface area (Å²) in [7, 11) is 0. The highest BCUT2D eigenvalue weighted by atomic mass is 32.1. The first-order valence-corrected chi connectivity index (χ1v) is 4.96. The monoisotopic (exact) mass is 182 g/mol. The van der Waals surface area contributed by atoms with Crippen molar-refractivity contribution in [3.05, 3.63) is 29.3 Å². The van der Waals surface area contributed by atoms with Gasteiger partial charge in [-0.3, -0.25) is 0 Å². The predicted octanol–water partition coefficient (Wildman–Crippen LogP) is 3.87. The summed E-state index contributed by atoms with van der Waals surface area (Å²) in [5, 5.41) is 0. The van der Waals surface area contributed by atoms with Crippen molar-refractivity contribution in [3.63, 3.8) is 0 Å². The van der Waals surface area contributed by atoms with E-state index in [1.165, 1.54) is 11.1 Å². The fourth-order valence-electron chi connectivity index (χ4n) is 1.04. The fraction of sp³-hybridized carbons (Fsp3) is 0.455. The summed E-state index contributed by atoms with van der Waals surface area (Å²) in [5.41, 5.74) is 2.66. The Morgan fingerprint density at radius 1 is 1.17 bits per heavy atom. The number of hydrogen-bond acceptors (Lipinski definition) is 1. The molecule has 12 heavy (non-hydrogen) atoms. The van der Waals surface area contributed by atoms with Crippen LogP contribution in [0.15, 0.2) is 23.1 Å². The quantitative estimate of drug-likeness (QED) is 0.626. The van der Waals surface area contributed by atoms with Crippen molar-refractivity contribution in [1.29, 1.82) is 0 Å². The van der Waals surface area contributed by atoms with Crippen LogP contribution in [0, 0.1) is 6.92 Å². The fourth-order valence-corrected chi connectivity index (χ4v) is 1.41. The van der Waals surface area contributed by atoms with Crippen LogP contribution >= 0.6 is 12.6 Å². The Balaban J connectivity index is 0.000000561. The Labute approximate surface area is 81.4 Å². The first kappa shape index (κ1) is 11.6. The summed E-state index contributed by atoms with van der Waals surface area (Å²) in [5.74, 6) is 0. The number of aryl methyl sites for hydroxylation is 2. The van der Waals surface area contributed by atoms with Gasteiger partial charge in [0.2, 0.25) is 0 Å². The van der Waals surface area contributed by atoms with E-state index in [4.69, 9.17) is 0 Å². The molecule has 0 fully saturated rings.